The number of allylic oxidation sites excluding steroid dienone is 1. The van der Waals surface area contributed by atoms with E-state index in [0.717, 1.165) is 12.0 Å². The number of phenolic OH excluding ortho intramolecular Hbond substituents is 1. The zero-order chi connectivity index (χ0) is 11.5. The van der Waals surface area contributed by atoms with Crippen molar-refractivity contribution in [3.63, 3.8) is 0 Å². The molecule has 0 aliphatic carbocycles. The monoisotopic (exact) mass is 206 g/mol. The third-order valence-electron chi connectivity index (χ3n) is 1.82. The highest BCUT2D eigenvalue weighted by Gasteiger charge is 2.14. The van der Waals surface area contributed by atoms with Gasteiger partial charge in [-0.3, -0.25) is 0 Å². The summed E-state index contributed by atoms with van der Waals surface area (Å²) in [5.41, 5.74) is 0.784. The van der Waals surface area contributed by atoms with E-state index >= 15 is 0 Å². The highest BCUT2D eigenvalue weighted by Crippen LogP contribution is 2.30. The van der Waals surface area contributed by atoms with Gasteiger partial charge in [0.05, 0.1) is 0 Å². The van der Waals surface area contributed by atoms with Crippen molar-refractivity contribution in [2.75, 3.05) is 0 Å². The van der Waals surface area contributed by atoms with E-state index in [1.807, 2.05) is 39.0 Å². The first-order valence-corrected chi connectivity index (χ1v) is 5.04. The van der Waals surface area contributed by atoms with Crippen LogP contribution >= 0.6 is 0 Å². The van der Waals surface area contributed by atoms with Gasteiger partial charge in [0.1, 0.15) is 5.60 Å². The maximum absolute atomic E-state index is 9.62. The van der Waals surface area contributed by atoms with Crippen molar-refractivity contribution in [3.8, 4) is 11.5 Å². The standard InChI is InChI=1S/C13H18O2/c1-5-6-10-7-8-11(14)12(9-10)15-13(2,3)4/h5,7-9,14H,1,6H2,2-4H3. The van der Waals surface area contributed by atoms with Gasteiger partial charge < -0.3 is 9.84 Å². The van der Waals surface area contributed by atoms with E-state index in [-0.39, 0.29) is 11.4 Å². The van der Waals surface area contributed by atoms with Gasteiger partial charge in [-0.05, 0) is 44.9 Å². The van der Waals surface area contributed by atoms with Gasteiger partial charge >= 0.3 is 0 Å². The zero-order valence-corrected chi connectivity index (χ0v) is 9.58. The van der Waals surface area contributed by atoms with Crippen molar-refractivity contribution < 1.29 is 9.84 Å². The molecule has 1 N–H and O–H groups in total. The lowest BCUT2D eigenvalue weighted by atomic mass is 10.1. The second-order valence-electron chi connectivity index (χ2n) is 4.51. The van der Waals surface area contributed by atoms with Gasteiger partial charge in [-0.15, -0.1) is 6.58 Å². The minimum Gasteiger partial charge on any atom is -0.504 e. The van der Waals surface area contributed by atoms with Crippen LogP contribution in [-0.2, 0) is 6.42 Å². The van der Waals surface area contributed by atoms with Gasteiger partial charge in [0, 0.05) is 0 Å². The van der Waals surface area contributed by atoms with Crippen LogP contribution in [0.4, 0.5) is 0 Å². The van der Waals surface area contributed by atoms with Crippen LogP contribution in [0.2, 0.25) is 0 Å². The van der Waals surface area contributed by atoms with E-state index in [1.54, 1.807) is 6.07 Å². The van der Waals surface area contributed by atoms with Crippen LogP contribution in [-0.4, -0.2) is 10.7 Å². The quantitative estimate of drug-likeness (QED) is 0.769. The molecule has 0 radical (unpaired) electrons. The maximum Gasteiger partial charge on any atom is 0.161 e. The molecule has 0 saturated heterocycles. The fourth-order valence-electron chi connectivity index (χ4n) is 1.26. The van der Waals surface area contributed by atoms with Crippen LogP contribution in [0.3, 0.4) is 0 Å². The molecule has 0 unspecified atom stereocenters. The first-order valence-electron chi connectivity index (χ1n) is 5.04. The summed E-state index contributed by atoms with van der Waals surface area (Å²) in [7, 11) is 0. The molecule has 1 aromatic carbocycles. The fourth-order valence-corrected chi connectivity index (χ4v) is 1.26. The molecule has 1 aromatic rings. The van der Waals surface area contributed by atoms with E-state index in [2.05, 4.69) is 6.58 Å². The van der Waals surface area contributed by atoms with Gasteiger partial charge in [0.25, 0.3) is 0 Å². The second kappa shape index (κ2) is 4.39. The Hall–Kier alpha value is -1.44. The van der Waals surface area contributed by atoms with E-state index < -0.39 is 0 Å². The van der Waals surface area contributed by atoms with Crippen LogP contribution in [0.5, 0.6) is 11.5 Å². The molecule has 0 saturated carbocycles. The molecule has 1 rings (SSSR count). The molecule has 0 amide bonds. The number of ether oxygens (including phenoxy) is 1. The van der Waals surface area contributed by atoms with Gasteiger partial charge in [0.2, 0.25) is 0 Å². The number of hydrogen-bond donors (Lipinski definition) is 1. The normalized spacial score (nSPS) is 11.1. The molecule has 2 heteroatoms. The second-order valence-corrected chi connectivity index (χ2v) is 4.51. The third kappa shape index (κ3) is 3.66. The minimum atomic E-state index is -0.301. The highest BCUT2D eigenvalue weighted by molar-refractivity contribution is 5.42. The molecule has 0 spiro atoms. The van der Waals surface area contributed by atoms with Gasteiger partial charge in [-0.1, -0.05) is 12.1 Å². The zero-order valence-electron chi connectivity index (χ0n) is 9.58. The van der Waals surface area contributed by atoms with Crippen LogP contribution < -0.4 is 4.74 Å². The Morgan fingerprint density at radius 2 is 2.07 bits per heavy atom. The van der Waals surface area contributed by atoms with E-state index in [0.29, 0.717) is 5.75 Å². The Morgan fingerprint density at radius 3 is 2.60 bits per heavy atom. The summed E-state index contributed by atoms with van der Waals surface area (Å²) in [6.07, 6.45) is 2.61. The fraction of sp³-hybridized carbons (Fsp3) is 0.385. The van der Waals surface area contributed by atoms with Crippen molar-refractivity contribution in [3.05, 3.63) is 36.4 Å². The number of phenols is 1. The molecule has 0 aromatic heterocycles. The summed E-state index contributed by atoms with van der Waals surface area (Å²) < 4.78 is 5.64. The van der Waals surface area contributed by atoms with Crippen LogP contribution in [0.1, 0.15) is 26.3 Å². The SMILES string of the molecule is C=CCc1ccc(O)c(OC(C)(C)C)c1. The van der Waals surface area contributed by atoms with Crippen molar-refractivity contribution in [2.45, 2.75) is 32.8 Å². The van der Waals surface area contributed by atoms with Crippen LogP contribution in [0.25, 0.3) is 0 Å². The summed E-state index contributed by atoms with van der Waals surface area (Å²) in [5.74, 6) is 0.708. The van der Waals surface area contributed by atoms with Crippen LogP contribution in [0.15, 0.2) is 30.9 Å². The van der Waals surface area contributed by atoms with Crippen molar-refractivity contribution in [2.24, 2.45) is 0 Å². The number of rotatable bonds is 3. The smallest absolute Gasteiger partial charge is 0.161 e. The van der Waals surface area contributed by atoms with Crippen molar-refractivity contribution >= 4 is 0 Å². The average Bonchev–Trinajstić information content (AvgIpc) is 2.09. The van der Waals surface area contributed by atoms with Crippen molar-refractivity contribution in [1.29, 1.82) is 0 Å². The highest BCUT2D eigenvalue weighted by atomic mass is 16.5. The molecule has 0 aliphatic heterocycles. The number of hydrogen-bond acceptors (Lipinski definition) is 2. The molecule has 15 heavy (non-hydrogen) atoms. The summed E-state index contributed by atoms with van der Waals surface area (Å²) >= 11 is 0. The lowest BCUT2D eigenvalue weighted by Gasteiger charge is -2.22. The first-order chi connectivity index (χ1) is 6.92. The Labute approximate surface area is 91.2 Å². The number of benzene rings is 1. The molecule has 0 heterocycles. The lowest BCUT2D eigenvalue weighted by Crippen LogP contribution is -2.23. The third-order valence-corrected chi connectivity index (χ3v) is 1.82. The topological polar surface area (TPSA) is 29.5 Å². The Balaban J connectivity index is 2.95. The molecular weight excluding hydrogens is 188 g/mol. The Bertz CT molecular complexity index is 348. The Morgan fingerprint density at radius 1 is 1.40 bits per heavy atom. The molecular formula is C13H18O2. The molecule has 0 aliphatic rings. The minimum absolute atomic E-state index is 0.178. The summed E-state index contributed by atoms with van der Waals surface area (Å²) in [6.45, 7) is 9.53. The molecule has 0 fully saturated rings. The lowest BCUT2D eigenvalue weighted by molar-refractivity contribution is 0.126. The maximum atomic E-state index is 9.62. The molecule has 0 bridgehead atoms. The predicted molar refractivity (Wildman–Crippen MR) is 62.4 cm³/mol. The van der Waals surface area contributed by atoms with Crippen LogP contribution in [0, 0.1) is 0 Å². The molecule has 2 nitrogen and oxygen atoms in total. The molecule has 0 atom stereocenters. The largest absolute Gasteiger partial charge is 0.504 e. The van der Waals surface area contributed by atoms with Gasteiger partial charge in [0.15, 0.2) is 11.5 Å². The van der Waals surface area contributed by atoms with E-state index in [4.69, 9.17) is 4.74 Å². The van der Waals surface area contributed by atoms with Crippen molar-refractivity contribution in [1.82, 2.24) is 0 Å². The van der Waals surface area contributed by atoms with E-state index in [9.17, 15) is 5.11 Å². The van der Waals surface area contributed by atoms with Gasteiger partial charge in [-0.25, -0.2) is 0 Å². The van der Waals surface area contributed by atoms with E-state index in [1.165, 1.54) is 0 Å². The Kier molecular flexibility index (Phi) is 3.40. The first kappa shape index (κ1) is 11.6. The summed E-state index contributed by atoms with van der Waals surface area (Å²) in [5, 5.41) is 9.62. The predicted octanol–water partition coefficient (Wildman–Crippen LogP) is 3.30. The summed E-state index contributed by atoms with van der Waals surface area (Å²) in [6, 6.07) is 5.37. The number of aromatic hydroxyl groups is 1. The summed E-state index contributed by atoms with van der Waals surface area (Å²) in [4.78, 5) is 0. The average molecular weight is 206 g/mol. The molecule has 82 valence electrons. The van der Waals surface area contributed by atoms with Gasteiger partial charge in [-0.2, -0.15) is 0 Å².